The first-order valence-corrected chi connectivity index (χ1v) is 11.3. The van der Waals surface area contributed by atoms with E-state index in [9.17, 15) is 34.8 Å². The van der Waals surface area contributed by atoms with E-state index in [1.165, 1.54) is 26.5 Å². The van der Waals surface area contributed by atoms with Crippen LogP contribution in [0.15, 0.2) is 41.0 Å². The molecule has 1 amide bonds. The molecule has 12 heteroatoms. The largest absolute Gasteiger partial charge is 0.511 e. The number of phenolic OH excluding ortho intramolecular Hbond substituents is 1. The maximum Gasteiger partial charge on any atom is 0.319 e. The lowest BCUT2D eigenvalue weighted by atomic mass is 9.60. The number of carbonyl (C=O) groups excluding carboxylic acids is 3. The number of ketones is 2. The number of fused-ring (bicyclic) bond motifs is 3. The van der Waals surface area contributed by atoms with Crippen LogP contribution in [0.3, 0.4) is 0 Å². The molecule has 0 radical (unpaired) electrons. The van der Waals surface area contributed by atoms with E-state index in [1.54, 1.807) is 6.07 Å². The van der Waals surface area contributed by atoms with Gasteiger partial charge in [-0.05, 0) is 36.0 Å². The third-order valence-corrected chi connectivity index (χ3v) is 7.34. The molecule has 1 aromatic carbocycles. The van der Waals surface area contributed by atoms with Crippen molar-refractivity contribution in [3.05, 3.63) is 52.1 Å². The van der Waals surface area contributed by atoms with E-state index in [0.717, 1.165) is 0 Å². The van der Waals surface area contributed by atoms with Gasteiger partial charge in [-0.2, -0.15) is 4.98 Å². The monoisotopic (exact) mass is 509 g/mol. The highest BCUT2D eigenvalue weighted by Crippen LogP contribution is 2.52. The minimum absolute atomic E-state index is 0.0221. The van der Waals surface area contributed by atoms with Gasteiger partial charge in [-0.1, -0.05) is 6.07 Å². The summed E-state index contributed by atoms with van der Waals surface area (Å²) in [6, 6.07) is 2.95. The Morgan fingerprint density at radius 2 is 1.84 bits per heavy atom. The summed E-state index contributed by atoms with van der Waals surface area (Å²) in [4.78, 5) is 46.8. The summed E-state index contributed by atoms with van der Waals surface area (Å²) in [5.74, 6) is -6.69. The van der Waals surface area contributed by atoms with Gasteiger partial charge in [-0.3, -0.25) is 14.4 Å². The molecule has 2 aromatic rings. The zero-order chi connectivity index (χ0) is 26.8. The first-order valence-electron chi connectivity index (χ1n) is 11.3. The Hall–Kier alpha value is -4.45. The number of nitrogens with two attached hydrogens (primary N) is 1. The molecule has 3 aliphatic rings. The summed E-state index contributed by atoms with van der Waals surface area (Å²) in [5, 5.41) is 43.4. The van der Waals surface area contributed by atoms with Crippen LogP contribution in [0.25, 0.3) is 11.1 Å². The SMILES string of the molecule is COc1ncc(-c2ccc(O)c3c2CC2CC4CC(O)=C(C(N)=O)C(=O)[C@@]4(O)C(O)=C2C3=O)c(OC)n1. The van der Waals surface area contributed by atoms with E-state index in [2.05, 4.69) is 9.97 Å². The number of amides is 1. The Bertz CT molecular complexity index is 1460. The van der Waals surface area contributed by atoms with Gasteiger partial charge in [0.05, 0.1) is 25.3 Å². The van der Waals surface area contributed by atoms with Gasteiger partial charge in [0.15, 0.2) is 11.4 Å². The van der Waals surface area contributed by atoms with Crippen LogP contribution < -0.4 is 15.2 Å². The molecule has 0 spiro atoms. The van der Waals surface area contributed by atoms with E-state index in [4.69, 9.17) is 15.2 Å². The van der Waals surface area contributed by atoms with Crippen molar-refractivity contribution in [1.82, 2.24) is 9.97 Å². The number of nitrogens with zero attached hydrogens (tertiary/aromatic N) is 2. The second-order valence-corrected chi connectivity index (χ2v) is 9.18. The summed E-state index contributed by atoms with van der Waals surface area (Å²) >= 11 is 0. The molecule has 5 rings (SSSR count). The van der Waals surface area contributed by atoms with E-state index in [-0.39, 0.29) is 48.0 Å². The second-order valence-electron chi connectivity index (χ2n) is 9.18. The summed E-state index contributed by atoms with van der Waals surface area (Å²) in [6.07, 6.45) is 1.31. The molecule has 0 bridgehead atoms. The Labute approximate surface area is 209 Å². The number of phenols is 1. The molecule has 0 aliphatic heterocycles. The number of benzene rings is 1. The highest BCUT2D eigenvalue weighted by atomic mass is 16.5. The molecule has 3 aliphatic carbocycles. The maximum atomic E-state index is 13.7. The molecule has 1 aromatic heterocycles. The van der Waals surface area contributed by atoms with Crippen molar-refractivity contribution < 1.29 is 44.3 Å². The Kier molecular flexibility index (Phi) is 5.44. The quantitative estimate of drug-likeness (QED) is 0.369. The van der Waals surface area contributed by atoms with Crippen LogP contribution in [0, 0.1) is 11.8 Å². The van der Waals surface area contributed by atoms with Crippen molar-refractivity contribution in [2.45, 2.75) is 24.9 Å². The Balaban J connectivity index is 1.68. The minimum Gasteiger partial charge on any atom is -0.511 e. The second kappa shape index (κ2) is 8.30. The smallest absolute Gasteiger partial charge is 0.319 e. The molecule has 0 fully saturated rings. The number of aliphatic hydroxyl groups is 3. The first kappa shape index (κ1) is 24.3. The third-order valence-electron chi connectivity index (χ3n) is 7.34. The normalized spacial score (nSPS) is 24.8. The molecular weight excluding hydrogens is 486 g/mol. The van der Waals surface area contributed by atoms with Crippen molar-refractivity contribution in [3.63, 3.8) is 0 Å². The molecule has 1 heterocycles. The van der Waals surface area contributed by atoms with Gasteiger partial charge in [-0.25, -0.2) is 4.98 Å². The predicted octanol–water partition coefficient (Wildman–Crippen LogP) is 1.05. The van der Waals surface area contributed by atoms with Gasteiger partial charge < -0.3 is 35.6 Å². The van der Waals surface area contributed by atoms with Crippen LogP contribution in [0.1, 0.15) is 28.8 Å². The van der Waals surface area contributed by atoms with Gasteiger partial charge in [0.1, 0.15) is 22.8 Å². The van der Waals surface area contributed by atoms with Crippen LogP contribution in [0.4, 0.5) is 0 Å². The van der Waals surface area contributed by atoms with Crippen molar-refractivity contribution in [2.75, 3.05) is 14.2 Å². The summed E-state index contributed by atoms with van der Waals surface area (Å²) < 4.78 is 10.4. The first-order chi connectivity index (χ1) is 17.5. The molecule has 0 saturated heterocycles. The molecule has 192 valence electrons. The number of rotatable bonds is 4. The van der Waals surface area contributed by atoms with Gasteiger partial charge in [0.25, 0.3) is 5.91 Å². The lowest BCUT2D eigenvalue weighted by Crippen LogP contribution is -2.57. The fourth-order valence-corrected chi connectivity index (χ4v) is 5.66. The predicted molar refractivity (Wildman–Crippen MR) is 125 cm³/mol. The summed E-state index contributed by atoms with van der Waals surface area (Å²) in [6.45, 7) is 0. The zero-order valence-electron chi connectivity index (χ0n) is 19.8. The van der Waals surface area contributed by atoms with Crippen LogP contribution in [0.5, 0.6) is 17.6 Å². The molecular formula is C25H23N3O9. The van der Waals surface area contributed by atoms with Crippen molar-refractivity contribution in [1.29, 1.82) is 0 Å². The van der Waals surface area contributed by atoms with Gasteiger partial charge in [0.2, 0.25) is 11.7 Å². The summed E-state index contributed by atoms with van der Waals surface area (Å²) in [7, 11) is 2.81. The molecule has 3 atom stereocenters. The number of carbonyl (C=O) groups is 3. The van der Waals surface area contributed by atoms with Crippen LogP contribution in [-0.4, -0.2) is 67.7 Å². The van der Waals surface area contributed by atoms with Crippen molar-refractivity contribution in [3.8, 4) is 28.8 Å². The highest BCUT2D eigenvalue weighted by Gasteiger charge is 2.59. The fraction of sp³-hybridized carbons (Fsp3) is 0.320. The number of primary amides is 1. The third kappa shape index (κ3) is 3.29. The van der Waals surface area contributed by atoms with E-state index in [1.807, 2.05) is 0 Å². The molecule has 2 unspecified atom stereocenters. The number of aliphatic hydroxyl groups excluding tert-OH is 2. The fourth-order valence-electron chi connectivity index (χ4n) is 5.66. The van der Waals surface area contributed by atoms with Crippen LogP contribution in [-0.2, 0) is 16.0 Å². The van der Waals surface area contributed by atoms with Crippen LogP contribution in [0.2, 0.25) is 0 Å². The summed E-state index contributed by atoms with van der Waals surface area (Å²) in [5.41, 5.74) is 2.79. The number of allylic oxidation sites excluding steroid dienone is 2. The number of hydrogen-bond acceptors (Lipinski definition) is 11. The zero-order valence-corrected chi connectivity index (χ0v) is 19.8. The van der Waals surface area contributed by atoms with Crippen molar-refractivity contribution in [2.24, 2.45) is 17.6 Å². The number of aromatic nitrogens is 2. The van der Waals surface area contributed by atoms with Gasteiger partial charge in [-0.15, -0.1) is 0 Å². The van der Waals surface area contributed by atoms with E-state index >= 15 is 0 Å². The standard InChI is InChI=1S/C25H23N3O9/c1-36-23-13(8-27-24(28-23)37-2)11-3-4-14(29)17-12(11)6-9-5-10-7-15(30)18(22(26)34)21(33)25(10,35)20(32)16(9)19(17)31/h3-4,8-10,29-30,32,35H,5-7H2,1-2H3,(H2,26,34)/t9?,10?,25-/m0/s1. The average molecular weight is 509 g/mol. The maximum absolute atomic E-state index is 13.7. The van der Waals surface area contributed by atoms with E-state index in [0.29, 0.717) is 16.7 Å². The lowest BCUT2D eigenvalue weighted by molar-refractivity contribution is -0.144. The number of methoxy groups -OCH3 is 2. The Morgan fingerprint density at radius 1 is 1.11 bits per heavy atom. The van der Waals surface area contributed by atoms with Gasteiger partial charge in [0, 0.05) is 24.1 Å². The highest BCUT2D eigenvalue weighted by molar-refractivity contribution is 6.24. The Morgan fingerprint density at radius 3 is 2.49 bits per heavy atom. The minimum atomic E-state index is -2.62. The number of Topliss-reactive ketones (excluding diaryl/α,β-unsaturated/α-hetero) is 2. The topological polar surface area (TPSA) is 202 Å². The number of ether oxygens (including phenoxy) is 2. The number of hydrogen-bond donors (Lipinski definition) is 5. The molecule has 37 heavy (non-hydrogen) atoms. The molecule has 12 nitrogen and oxygen atoms in total. The lowest BCUT2D eigenvalue weighted by Gasteiger charge is -2.45. The number of aromatic hydroxyl groups is 1. The van der Waals surface area contributed by atoms with Crippen molar-refractivity contribution >= 4 is 17.5 Å². The van der Waals surface area contributed by atoms with Crippen LogP contribution >= 0.6 is 0 Å². The molecule has 0 saturated carbocycles. The van der Waals surface area contributed by atoms with E-state index < -0.39 is 52.0 Å². The average Bonchev–Trinajstić information content (AvgIpc) is 2.85. The van der Waals surface area contributed by atoms with Gasteiger partial charge >= 0.3 is 6.01 Å². The molecule has 6 N–H and O–H groups in total.